The minimum atomic E-state index is -1.33. The van der Waals surface area contributed by atoms with Gasteiger partial charge in [0, 0.05) is 28.4 Å². The third kappa shape index (κ3) is 2.33. The fraction of sp³-hybridized carbons (Fsp3) is 0.348. The molecular weight excluding hydrogens is 448 g/mol. The van der Waals surface area contributed by atoms with E-state index < -0.39 is 34.1 Å². The molecule has 0 unspecified atom stereocenters. The minimum absolute atomic E-state index is 0.168. The zero-order valence-electron chi connectivity index (χ0n) is 17.6. The van der Waals surface area contributed by atoms with Gasteiger partial charge in [0.25, 0.3) is 5.69 Å². The summed E-state index contributed by atoms with van der Waals surface area (Å²) in [5, 5.41) is 14.8. The lowest BCUT2D eigenvalue weighted by molar-refractivity contribution is -0.385. The van der Waals surface area contributed by atoms with Crippen LogP contribution in [0.4, 0.5) is 17.1 Å². The van der Waals surface area contributed by atoms with Crippen LogP contribution in [0, 0.1) is 28.9 Å². The first kappa shape index (κ1) is 20.3. The number of hydrogen-bond acceptors (Lipinski definition) is 6. The summed E-state index contributed by atoms with van der Waals surface area (Å²) in [7, 11) is 0. The van der Waals surface area contributed by atoms with Gasteiger partial charge in [-0.15, -0.1) is 0 Å². The number of nitro benzene ring substituents is 1. The van der Waals surface area contributed by atoms with Gasteiger partial charge in [-0.2, -0.15) is 0 Å². The number of amides is 3. The Morgan fingerprint density at radius 2 is 1.97 bits per heavy atom. The lowest BCUT2D eigenvalue weighted by atomic mass is 9.75. The van der Waals surface area contributed by atoms with E-state index in [2.05, 4.69) is 5.32 Å². The highest BCUT2D eigenvalue weighted by molar-refractivity contribution is 6.31. The topological polar surface area (TPSA) is 113 Å². The summed E-state index contributed by atoms with van der Waals surface area (Å²) >= 11 is 6.29. The molecule has 0 aromatic heterocycles. The number of nitro groups is 1. The number of benzene rings is 2. The Labute approximate surface area is 193 Å². The monoisotopic (exact) mass is 466 g/mol. The van der Waals surface area contributed by atoms with E-state index in [4.69, 9.17) is 11.6 Å². The van der Waals surface area contributed by atoms with E-state index in [0.717, 1.165) is 11.3 Å². The molecule has 2 aromatic rings. The Bertz CT molecular complexity index is 1300. The van der Waals surface area contributed by atoms with Crippen LogP contribution in [0.5, 0.6) is 0 Å². The number of anilines is 2. The summed E-state index contributed by atoms with van der Waals surface area (Å²) in [5.41, 5.74) is 0.123. The summed E-state index contributed by atoms with van der Waals surface area (Å²) in [6, 6.07) is 9.16. The van der Waals surface area contributed by atoms with Crippen molar-refractivity contribution in [1.82, 2.24) is 4.90 Å². The first-order valence-corrected chi connectivity index (χ1v) is 11.2. The van der Waals surface area contributed by atoms with E-state index in [9.17, 15) is 24.5 Å². The molecule has 4 atom stereocenters. The van der Waals surface area contributed by atoms with Gasteiger partial charge in [0.15, 0.2) is 0 Å². The summed E-state index contributed by atoms with van der Waals surface area (Å²) in [5.74, 6) is -2.91. The van der Waals surface area contributed by atoms with E-state index >= 15 is 0 Å². The van der Waals surface area contributed by atoms with E-state index in [1.165, 1.54) is 25.1 Å². The molecule has 3 fully saturated rings. The van der Waals surface area contributed by atoms with Gasteiger partial charge in [0.1, 0.15) is 5.54 Å². The number of fused-ring (bicyclic) bond motifs is 7. The summed E-state index contributed by atoms with van der Waals surface area (Å²) in [6.45, 7) is 2.12. The molecule has 3 saturated heterocycles. The molecule has 0 radical (unpaired) electrons. The molecule has 6 rings (SSSR count). The van der Waals surface area contributed by atoms with Crippen molar-refractivity contribution in [3.63, 3.8) is 0 Å². The number of halogens is 1. The second-order valence-electron chi connectivity index (χ2n) is 9.01. The van der Waals surface area contributed by atoms with Crippen molar-refractivity contribution in [2.24, 2.45) is 11.8 Å². The molecule has 0 bridgehead atoms. The number of nitrogens with zero attached hydrogens (tertiary/aromatic N) is 3. The van der Waals surface area contributed by atoms with Crippen molar-refractivity contribution in [2.45, 2.75) is 31.3 Å². The zero-order chi connectivity index (χ0) is 23.2. The van der Waals surface area contributed by atoms with Crippen LogP contribution in [0.2, 0.25) is 5.02 Å². The van der Waals surface area contributed by atoms with Crippen molar-refractivity contribution >= 4 is 46.4 Å². The Morgan fingerprint density at radius 3 is 2.73 bits per heavy atom. The zero-order valence-corrected chi connectivity index (χ0v) is 18.3. The summed E-state index contributed by atoms with van der Waals surface area (Å²) in [6.07, 6.45) is 1.49. The molecule has 4 aliphatic rings. The number of rotatable bonds is 2. The minimum Gasteiger partial charge on any atom is -0.324 e. The fourth-order valence-corrected chi connectivity index (χ4v) is 6.64. The Kier molecular flexibility index (Phi) is 4.07. The molecule has 168 valence electrons. The molecule has 33 heavy (non-hydrogen) atoms. The maximum absolute atomic E-state index is 14.0. The van der Waals surface area contributed by atoms with Gasteiger partial charge in [-0.3, -0.25) is 29.4 Å². The van der Waals surface area contributed by atoms with Crippen LogP contribution in [0.15, 0.2) is 36.4 Å². The van der Waals surface area contributed by atoms with Crippen LogP contribution < -0.4 is 10.2 Å². The van der Waals surface area contributed by atoms with Crippen LogP contribution in [0.25, 0.3) is 0 Å². The van der Waals surface area contributed by atoms with Gasteiger partial charge in [-0.25, -0.2) is 4.90 Å². The first-order chi connectivity index (χ1) is 15.8. The van der Waals surface area contributed by atoms with E-state index in [1.54, 1.807) is 18.2 Å². The molecule has 0 saturated carbocycles. The molecule has 10 heteroatoms. The van der Waals surface area contributed by atoms with Crippen LogP contribution in [-0.4, -0.2) is 40.1 Å². The van der Waals surface area contributed by atoms with Crippen molar-refractivity contribution in [3.05, 3.63) is 62.7 Å². The largest absolute Gasteiger partial charge is 0.324 e. The number of imide groups is 1. The number of hydrogen-bond donors (Lipinski definition) is 1. The molecule has 1 spiro atoms. The normalized spacial score (nSPS) is 30.1. The Morgan fingerprint density at radius 1 is 1.18 bits per heavy atom. The van der Waals surface area contributed by atoms with E-state index in [1.807, 2.05) is 4.90 Å². The van der Waals surface area contributed by atoms with Crippen molar-refractivity contribution in [1.29, 1.82) is 0 Å². The molecular formula is C23H19ClN4O5. The first-order valence-electron chi connectivity index (χ1n) is 10.8. The van der Waals surface area contributed by atoms with Crippen LogP contribution in [0.1, 0.15) is 24.0 Å². The van der Waals surface area contributed by atoms with Crippen LogP contribution in [0.3, 0.4) is 0 Å². The van der Waals surface area contributed by atoms with Gasteiger partial charge in [0.2, 0.25) is 17.7 Å². The third-order valence-corrected chi connectivity index (χ3v) is 7.90. The highest BCUT2D eigenvalue weighted by Gasteiger charge is 2.74. The molecule has 2 aromatic carbocycles. The quantitative estimate of drug-likeness (QED) is 0.413. The maximum atomic E-state index is 14.0. The predicted octanol–water partition coefficient (Wildman–Crippen LogP) is 2.99. The average molecular weight is 467 g/mol. The second-order valence-corrected chi connectivity index (χ2v) is 9.44. The number of nitrogens with one attached hydrogen (secondary N) is 1. The third-order valence-electron chi connectivity index (χ3n) is 7.67. The molecule has 1 N–H and O–H groups in total. The van der Waals surface area contributed by atoms with Gasteiger partial charge >= 0.3 is 0 Å². The van der Waals surface area contributed by atoms with Gasteiger partial charge < -0.3 is 5.32 Å². The SMILES string of the molecule is Cc1c(N2C(=O)[C@@H]3[C@@H](C2=O)[C@]2(C(=O)Nc4ccc(Cl)cc42)N2CCC[C@@H]32)cccc1[N+](=O)[O-]. The molecule has 0 aliphatic carbocycles. The van der Waals surface area contributed by atoms with Crippen LogP contribution in [-0.2, 0) is 19.9 Å². The van der Waals surface area contributed by atoms with Crippen molar-refractivity contribution < 1.29 is 19.3 Å². The van der Waals surface area contributed by atoms with Gasteiger partial charge in [0.05, 0.1) is 28.0 Å². The smallest absolute Gasteiger partial charge is 0.274 e. The summed E-state index contributed by atoms with van der Waals surface area (Å²) < 4.78 is 0. The highest BCUT2D eigenvalue weighted by Crippen LogP contribution is 2.61. The second kappa shape index (κ2) is 6.61. The summed E-state index contributed by atoms with van der Waals surface area (Å²) in [4.78, 5) is 55.3. The molecule has 4 heterocycles. The fourth-order valence-electron chi connectivity index (χ4n) is 6.46. The Balaban J connectivity index is 1.56. The molecule has 3 amide bonds. The number of carbonyl (C=O) groups excluding carboxylic acids is 3. The average Bonchev–Trinajstić information content (AvgIpc) is 3.47. The van der Waals surface area contributed by atoms with E-state index in [0.29, 0.717) is 29.2 Å². The van der Waals surface area contributed by atoms with Gasteiger partial charge in [-0.1, -0.05) is 17.7 Å². The standard InChI is InChI=1S/C23H19ClN4O5/c1-11-15(4-2-5-16(11)28(32)33)27-20(29)18-17-6-3-9-26(17)23(19(18)21(27)30)13-10-12(24)7-8-14(13)25-22(23)31/h2,4-5,7-8,10,17-19H,3,6,9H2,1H3,(H,25,31)/t17-,18-,19-,23+/m0/s1. The molecule has 9 nitrogen and oxygen atoms in total. The van der Waals surface area contributed by atoms with Crippen molar-refractivity contribution in [2.75, 3.05) is 16.8 Å². The lowest BCUT2D eigenvalue weighted by Crippen LogP contribution is -2.54. The predicted molar refractivity (Wildman–Crippen MR) is 119 cm³/mol. The lowest BCUT2D eigenvalue weighted by Gasteiger charge is -2.36. The van der Waals surface area contributed by atoms with Gasteiger partial charge in [-0.05, 0) is 50.6 Å². The van der Waals surface area contributed by atoms with Crippen molar-refractivity contribution in [3.8, 4) is 0 Å². The van der Waals surface area contributed by atoms with E-state index in [-0.39, 0.29) is 28.9 Å². The maximum Gasteiger partial charge on any atom is 0.274 e. The van der Waals surface area contributed by atoms with Crippen LogP contribution >= 0.6 is 11.6 Å². The number of carbonyl (C=O) groups is 3. The Hall–Kier alpha value is -3.30. The highest BCUT2D eigenvalue weighted by atomic mass is 35.5. The molecule has 4 aliphatic heterocycles.